The topological polar surface area (TPSA) is 115 Å². The summed E-state index contributed by atoms with van der Waals surface area (Å²) in [7, 11) is -2.81. The average Bonchev–Trinajstić information content (AvgIpc) is 3.10. The zero-order valence-electron chi connectivity index (χ0n) is 17.7. The molecule has 1 aromatic carbocycles. The number of rotatable bonds is 5. The van der Waals surface area contributed by atoms with E-state index in [2.05, 4.69) is 11.1 Å². The highest BCUT2D eigenvalue weighted by atomic mass is 32.2. The van der Waals surface area contributed by atoms with Gasteiger partial charge in [0.2, 0.25) is 0 Å². The molecular formula is C22H22N4O5S. The molecule has 0 spiro atoms. The normalized spacial score (nSPS) is 14.3. The smallest absolute Gasteiger partial charge is 0.310 e. The number of carbonyl (C=O) groups is 1. The monoisotopic (exact) mass is 454 g/mol. The van der Waals surface area contributed by atoms with Crippen LogP contribution in [0.3, 0.4) is 0 Å². The van der Waals surface area contributed by atoms with Crippen molar-refractivity contribution in [3.63, 3.8) is 0 Å². The lowest BCUT2D eigenvalue weighted by Gasteiger charge is -2.29. The van der Waals surface area contributed by atoms with Crippen molar-refractivity contribution in [3.05, 3.63) is 53.3 Å². The number of anilines is 1. The van der Waals surface area contributed by atoms with Gasteiger partial charge >= 0.3 is 5.97 Å². The highest BCUT2D eigenvalue weighted by Crippen LogP contribution is 2.31. The molecule has 9 nitrogen and oxygen atoms in total. The lowest BCUT2D eigenvalue weighted by atomic mass is 10.1. The van der Waals surface area contributed by atoms with Crippen LogP contribution in [0.25, 0.3) is 11.0 Å². The van der Waals surface area contributed by atoms with Crippen LogP contribution in [0.15, 0.2) is 41.4 Å². The molecule has 2 aromatic heterocycles. The number of esters is 1. The van der Waals surface area contributed by atoms with Crippen LogP contribution in [0.2, 0.25) is 0 Å². The fraction of sp³-hybridized carbons (Fsp3) is 0.318. The van der Waals surface area contributed by atoms with E-state index in [-0.39, 0.29) is 22.5 Å². The van der Waals surface area contributed by atoms with E-state index in [0.717, 1.165) is 3.97 Å². The van der Waals surface area contributed by atoms with E-state index in [9.17, 15) is 18.5 Å². The Labute approximate surface area is 185 Å². The Kier molecular flexibility index (Phi) is 5.86. The summed E-state index contributed by atoms with van der Waals surface area (Å²) in [6, 6.07) is 10.1. The molecule has 1 aliphatic heterocycles. The Balaban J connectivity index is 1.85. The number of nitriles is 1. The third-order valence-electron chi connectivity index (χ3n) is 5.57. The van der Waals surface area contributed by atoms with Crippen molar-refractivity contribution in [3.8, 4) is 6.07 Å². The van der Waals surface area contributed by atoms with Crippen LogP contribution in [0.4, 0.5) is 5.69 Å². The first kappa shape index (κ1) is 21.8. The van der Waals surface area contributed by atoms with E-state index in [4.69, 9.17) is 9.47 Å². The minimum atomic E-state index is -4.09. The molecule has 0 aliphatic carbocycles. The molecule has 1 fully saturated rings. The van der Waals surface area contributed by atoms with Gasteiger partial charge in [-0.25, -0.2) is 17.4 Å². The van der Waals surface area contributed by atoms with Crippen molar-refractivity contribution in [1.82, 2.24) is 8.96 Å². The first-order valence-corrected chi connectivity index (χ1v) is 11.5. The first-order chi connectivity index (χ1) is 15.4. The number of carbonyl (C=O) groups excluding carboxylic acids is 1. The Morgan fingerprint density at radius 3 is 2.72 bits per heavy atom. The number of nitrogens with zero attached hydrogens (tertiary/aromatic N) is 4. The number of hydrogen-bond acceptors (Lipinski definition) is 8. The third-order valence-corrected chi connectivity index (χ3v) is 7.35. The summed E-state index contributed by atoms with van der Waals surface area (Å²) >= 11 is 0. The summed E-state index contributed by atoms with van der Waals surface area (Å²) < 4.78 is 38.6. The molecule has 10 heteroatoms. The van der Waals surface area contributed by atoms with Gasteiger partial charge in [0.25, 0.3) is 10.0 Å². The van der Waals surface area contributed by atoms with Crippen LogP contribution in [0, 0.1) is 18.3 Å². The highest BCUT2D eigenvalue weighted by molar-refractivity contribution is 7.90. The summed E-state index contributed by atoms with van der Waals surface area (Å²) in [5.74, 6) is -0.477. The van der Waals surface area contributed by atoms with E-state index in [1.807, 2.05) is 4.90 Å². The molecule has 0 saturated carbocycles. The molecule has 0 amide bonds. The fourth-order valence-corrected chi connectivity index (χ4v) is 5.52. The van der Waals surface area contributed by atoms with Gasteiger partial charge in [-0.2, -0.15) is 5.26 Å². The van der Waals surface area contributed by atoms with Crippen molar-refractivity contribution in [2.24, 2.45) is 0 Å². The number of hydrogen-bond donors (Lipinski definition) is 0. The third kappa shape index (κ3) is 3.70. The summed E-state index contributed by atoms with van der Waals surface area (Å²) in [6.07, 6.45) is 1.42. The predicted molar refractivity (Wildman–Crippen MR) is 117 cm³/mol. The number of ether oxygens (including phenoxy) is 2. The van der Waals surface area contributed by atoms with Crippen LogP contribution in [-0.4, -0.2) is 56.8 Å². The number of pyridine rings is 1. The second kappa shape index (κ2) is 8.61. The maximum absolute atomic E-state index is 13.7. The Hall–Kier alpha value is -3.42. The van der Waals surface area contributed by atoms with Crippen LogP contribution in [0.1, 0.15) is 16.8 Å². The lowest BCUT2D eigenvalue weighted by molar-refractivity contribution is -0.139. The zero-order chi connectivity index (χ0) is 22.9. The van der Waals surface area contributed by atoms with Gasteiger partial charge in [-0.15, -0.1) is 0 Å². The standard InChI is InChI=1S/C22H22N4O5S/c1-15-19(13-21(27)30-2)18-4-3-7-24-22(18)26(15)32(28,29)17-5-6-20(16(12-17)14-23)25-8-10-31-11-9-25/h3-7,12H,8-11,13H2,1-2H3. The van der Waals surface area contributed by atoms with Crippen molar-refractivity contribution in [2.45, 2.75) is 18.2 Å². The minimum Gasteiger partial charge on any atom is -0.469 e. The number of morpholine rings is 1. The van der Waals surface area contributed by atoms with Crippen LogP contribution >= 0.6 is 0 Å². The number of methoxy groups -OCH3 is 1. The van der Waals surface area contributed by atoms with Gasteiger partial charge in [-0.05, 0) is 42.8 Å². The number of benzene rings is 1. The number of fused-ring (bicyclic) bond motifs is 1. The van der Waals surface area contributed by atoms with E-state index in [1.54, 1.807) is 25.1 Å². The molecule has 0 radical (unpaired) electrons. The molecule has 0 unspecified atom stereocenters. The first-order valence-electron chi connectivity index (χ1n) is 10.0. The molecule has 4 rings (SSSR count). The summed E-state index contributed by atoms with van der Waals surface area (Å²) in [4.78, 5) is 18.2. The second-order valence-electron chi connectivity index (χ2n) is 7.35. The van der Waals surface area contributed by atoms with Crippen LogP contribution in [0.5, 0.6) is 0 Å². The summed E-state index contributed by atoms with van der Waals surface area (Å²) in [5, 5.41) is 10.3. The van der Waals surface area contributed by atoms with Gasteiger partial charge in [-0.3, -0.25) is 4.79 Å². The SMILES string of the molecule is COC(=O)Cc1c(C)n(S(=O)(=O)c2ccc(N3CCOCC3)c(C#N)c2)c2ncccc12. The maximum atomic E-state index is 13.7. The Morgan fingerprint density at radius 2 is 2.03 bits per heavy atom. The van der Waals surface area contributed by atoms with Gasteiger partial charge < -0.3 is 14.4 Å². The zero-order valence-corrected chi connectivity index (χ0v) is 18.6. The molecule has 3 aromatic rings. The molecule has 1 saturated heterocycles. The van der Waals surface area contributed by atoms with Gasteiger partial charge in [0.1, 0.15) is 6.07 Å². The van der Waals surface area contributed by atoms with E-state index in [1.165, 1.54) is 25.4 Å². The molecule has 1 aliphatic rings. The van der Waals surface area contributed by atoms with E-state index >= 15 is 0 Å². The van der Waals surface area contributed by atoms with E-state index < -0.39 is 16.0 Å². The predicted octanol–water partition coefficient (Wildman–Crippen LogP) is 2.01. The summed E-state index contributed by atoms with van der Waals surface area (Å²) in [5.41, 5.74) is 2.08. The minimum absolute atomic E-state index is 0.0265. The van der Waals surface area contributed by atoms with Crippen LogP contribution in [-0.2, 0) is 30.7 Å². The van der Waals surface area contributed by atoms with Crippen molar-refractivity contribution < 1.29 is 22.7 Å². The molecule has 3 heterocycles. The lowest BCUT2D eigenvalue weighted by Crippen LogP contribution is -2.36. The maximum Gasteiger partial charge on any atom is 0.310 e. The molecule has 0 atom stereocenters. The van der Waals surface area contributed by atoms with Crippen molar-refractivity contribution >= 4 is 32.7 Å². The quantitative estimate of drug-likeness (QED) is 0.538. The van der Waals surface area contributed by atoms with Gasteiger partial charge in [-0.1, -0.05) is 0 Å². The van der Waals surface area contributed by atoms with Gasteiger partial charge in [0.15, 0.2) is 5.65 Å². The fourth-order valence-electron chi connectivity index (χ4n) is 3.96. The van der Waals surface area contributed by atoms with E-state index in [0.29, 0.717) is 48.6 Å². The molecule has 0 bridgehead atoms. The largest absolute Gasteiger partial charge is 0.469 e. The highest BCUT2D eigenvalue weighted by Gasteiger charge is 2.28. The molecule has 32 heavy (non-hydrogen) atoms. The molecular weight excluding hydrogens is 432 g/mol. The Bertz CT molecular complexity index is 1330. The van der Waals surface area contributed by atoms with Crippen molar-refractivity contribution in [2.75, 3.05) is 38.3 Å². The average molecular weight is 455 g/mol. The van der Waals surface area contributed by atoms with Gasteiger partial charge in [0, 0.05) is 30.4 Å². The Morgan fingerprint density at radius 1 is 1.28 bits per heavy atom. The summed E-state index contributed by atoms with van der Waals surface area (Å²) in [6.45, 7) is 3.99. The van der Waals surface area contributed by atoms with Gasteiger partial charge in [0.05, 0.1) is 42.9 Å². The number of aromatic nitrogens is 2. The second-order valence-corrected chi connectivity index (χ2v) is 9.14. The molecule has 166 valence electrons. The van der Waals surface area contributed by atoms with Crippen molar-refractivity contribution in [1.29, 1.82) is 5.26 Å². The molecule has 0 N–H and O–H groups in total. The van der Waals surface area contributed by atoms with Crippen LogP contribution < -0.4 is 4.90 Å².